The predicted molar refractivity (Wildman–Crippen MR) is 243 cm³/mol. The number of benzene rings is 5. The summed E-state index contributed by atoms with van der Waals surface area (Å²) in [5, 5.41) is 6.96. The molecule has 0 amide bonds. The van der Waals surface area contributed by atoms with Gasteiger partial charge in [-0.25, -0.2) is 4.79 Å². The molecule has 58 heavy (non-hydrogen) atoms. The van der Waals surface area contributed by atoms with Gasteiger partial charge < -0.3 is 34.3 Å². The number of nitrogens with one attached hydrogen (secondary N) is 2. The van der Waals surface area contributed by atoms with Crippen molar-refractivity contribution >= 4 is 87.9 Å². The maximum atomic E-state index is 14.3. The zero-order chi connectivity index (χ0) is 42.0. The Morgan fingerprint density at radius 1 is 0.603 bits per heavy atom. The minimum atomic E-state index is -1.50. The van der Waals surface area contributed by atoms with Crippen LogP contribution in [0.25, 0.3) is 11.1 Å². The highest BCUT2D eigenvalue weighted by Crippen LogP contribution is 2.53. The summed E-state index contributed by atoms with van der Waals surface area (Å²) in [6.45, 7) is 7.69. The lowest BCUT2D eigenvalue weighted by Crippen LogP contribution is -2.38. The van der Waals surface area contributed by atoms with Crippen LogP contribution in [0.15, 0.2) is 123 Å². The number of anilines is 2. The Labute approximate surface area is 370 Å². The molecule has 5 aromatic rings. The van der Waals surface area contributed by atoms with Gasteiger partial charge in [0.1, 0.15) is 0 Å². The van der Waals surface area contributed by atoms with E-state index >= 15 is 0 Å². The van der Waals surface area contributed by atoms with E-state index < -0.39 is 23.4 Å². The average Bonchev–Trinajstić information content (AvgIpc) is 3.52. The van der Waals surface area contributed by atoms with Crippen molar-refractivity contribution in [3.63, 3.8) is 0 Å². The van der Waals surface area contributed by atoms with Gasteiger partial charge in [-0.1, -0.05) is 95.5 Å². The third-order valence-corrected chi connectivity index (χ3v) is 14.0. The van der Waals surface area contributed by atoms with Gasteiger partial charge in [0.05, 0.1) is 15.1 Å². The van der Waals surface area contributed by atoms with Gasteiger partial charge in [0, 0.05) is 68.2 Å². The number of esters is 1. The molecule has 0 spiro atoms. The molecule has 0 fully saturated rings. The van der Waals surface area contributed by atoms with Gasteiger partial charge in [0.2, 0.25) is 11.8 Å². The molecule has 0 saturated heterocycles. The summed E-state index contributed by atoms with van der Waals surface area (Å²) < 4.78 is 30.4. The Morgan fingerprint density at radius 2 is 0.948 bits per heavy atom. The molecule has 12 heteroatoms. The lowest BCUT2D eigenvalue weighted by Gasteiger charge is -2.29. The number of rotatable bonds is 14. The number of carbonyl (C=O) groups is 1. The van der Waals surface area contributed by atoms with Crippen LogP contribution < -0.4 is 10.6 Å². The van der Waals surface area contributed by atoms with Crippen molar-refractivity contribution < 1.29 is 28.5 Å². The Kier molecular flexibility index (Phi) is 13.5. The molecule has 0 atom stereocenters. The van der Waals surface area contributed by atoms with Crippen LogP contribution in [-0.2, 0) is 29.3 Å². The Balaban J connectivity index is 1.66. The maximum absolute atomic E-state index is 14.3. The first-order chi connectivity index (χ1) is 27.6. The van der Waals surface area contributed by atoms with E-state index in [0.717, 1.165) is 55.9 Å². The van der Waals surface area contributed by atoms with Gasteiger partial charge in [-0.3, -0.25) is 0 Å². The molecule has 0 aliphatic carbocycles. The highest BCUT2D eigenvalue weighted by atomic mass is 79.9. The lowest BCUT2D eigenvalue weighted by molar-refractivity contribution is -0.171. The van der Waals surface area contributed by atoms with E-state index in [1.807, 2.05) is 74.5 Å². The highest BCUT2D eigenvalue weighted by molar-refractivity contribution is 9.13. The molecule has 6 rings (SSSR count). The van der Waals surface area contributed by atoms with Gasteiger partial charge >= 0.3 is 5.97 Å². The zero-order valence-corrected chi connectivity index (χ0v) is 38.9. The molecule has 0 unspecified atom stereocenters. The molecular formula is C46H44Br3ClN2O6. The smallest absolute Gasteiger partial charge is 0.341 e. The second-order valence-corrected chi connectivity index (χ2v) is 16.9. The van der Waals surface area contributed by atoms with Gasteiger partial charge in [-0.05, 0) is 131 Å². The summed E-state index contributed by atoms with van der Waals surface area (Å²) in [5.41, 5.74) is 8.35. The SMILES string of the molecule is COC(C)(Nc1ccc(C(=CC2(C=C(c3ccc(C)cc3)c3ccc(NC(C)(OC)OC)cc3)OC(=O)c3c(Br)c(Br)c(Cl)c(Br)c32)c2ccc(C)cc2)cc1)OC. The van der Waals surface area contributed by atoms with E-state index in [0.29, 0.717) is 29.6 Å². The van der Waals surface area contributed by atoms with Crippen LogP contribution in [0.3, 0.4) is 0 Å². The second kappa shape index (κ2) is 17.8. The molecule has 1 aliphatic rings. The normalized spacial score (nSPS) is 16.0. The third kappa shape index (κ3) is 9.02. The maximum Gasteiger partial charge on any atom is 0.341 e. The summed E-state index contributed by atoms with van der Waals surface area (Å²) >= 11 is 18.1. The molecular weight excluding hydrogens is 952 g/mol. The molecule has 0 aromatic heterocycles. The van der Waals surface area contributed by atoms with E-state index in [4.69, 9.17) is 35.3 Å². The first-order valence-corrected chi connectivity index (χ1v) is 21.0. The summed E-state index contributed by atoms with van der Waals surface area (Å²) in [6.07, 6.45) is 4.01. The molecule has 8 nitrogen and oxygen atoms in total. The standard InChI is InChI=1S/C46H44Br3ClN2O6/c1-27-9-13-29(14-10-27)35(31-17-21-33(22-18-31)51-44(3,54-5)55-6)25-46(38-37(43(53)58-46)39(47)41(49)42(50)40(38)48)26-36(30-15-11-28(2)12-16-30)32-19-23-34(24-20-32)52-45(4,56-7)57-8/h9-26,51-52H,1-8H3. The van der Waals surface area contributed by atoms with E-state index in [1.165, 1.54) is 0 Å². The first kappa shape index (κ1) is 43.8. The van der Waals surface area contributed by atoms with Crippen LogP contribution in [0.4, 0.5) is 11.4 Å². The quantitative estimate of drug-likeness (QED) is 0.0492. The zero-order valence-electron chi connectivity index (χ0n) is 33.4. The van der Waals surface area contributed by atoms with Gasteiger partial charge in [-0.2, -0.15) is 0 Å². The van der Waals surface area contributed by atoms with Gasteiger partial charge in [-0.15, -0.1) is 0 Å². The van der Waals surface area contributed by atoms with Crippen molar-refractivity contribution in [3.05, 3.63) is 172 Å². The van der Waals surface area contributed by atoms with Crippen LogP contribution in [0.1, 0.15) is 63.1 Å². The lowest BCUT2D eigenvalue weighted by atomic mass is 9.83. The summed E-state index contributed by atoms with van der Waals surface area (Å²) in [7, 11) is 6.30. The van der Waals surface area contributed by atoms with Crippen LogP contribution in [0, 0.1) is 13.8 Å². The van der Waals surface area contributed by atoms with E-state index in [9.17, 15) is 4.79 Å². The molecule has 5 aromatic carbocycles. The first-order valence-electron chi connectivity index (χ1n) is 18.3. The van der Waals surface area contributed by atoms with Crippen molar-refractivity contribution in [1.29, 1.82) is 0 Å². The van der Waals surface area contributed by atoms with Crippen LogP contribution in [0.5, 0.6) is 0 Å². The van der Waals surface area contributed by atoms with Crippen LogP contribution >= 0.6 is 59.4 Å². The van der Waals surface area contributed by atoms with Crippen molar-refractivity contribution in [3.8, 4) is 0 Å². The fraction of sp³-hybridized carbons (Fsp3) is 0.239. The number of halogens is 4. The van der Waals surface area contributed by atoms with Crippen molar-refractivity contribution in [1.82, 2.24) is 0 Å². The summed E-state index contributed by atoms with van der Waals surface area (Å²) in [5.74, 6) is -2.58. The number of aryl methyl sites for hydroxylation is 2. The third-order valence-electron chi connectivity index (χ3n) is 10.3. The van der Waals surface area contributed by atoms with Crippen molar-refractivity contribution in [2.45, 2.75) is 45.1 Å². The van der Waals surface area contributed by atoms with Crippen molar-refractivity contribution in [2.24, 2.45) is 0 Å². The molecule has 0 bridgehead atoms. The number of ether oxygens (including phenoxy) is 5. The monoisotopic (exact) mass is 992 g/mol. The number of cyclic esters (lactones) is 1. The van der Waals surface area contributed by atoms with Crippen molar-refractivity contribution in [2.75, 3.05) is 39.1 Å². The largest absolute Gasteiger partial charge is 0.442 e. The molecule has 0 saturated carbocycles. The number of fused-ring (bicyclic) bond motifs is 1. The van der Waals surface area contributed by atoms with E-state index in [-0.39, 0.29) is 0 Å². The molecule has 302 valence electrons. The second-order valence-electron chi connectivity index (χ2n) is 14.1. The Hall–Kier alpha value is -3.78. The van der Waals surface area contributed by atoms with E-state index in [1.54, 1.807) is 42.3 Å². The van der Waals surface area contributed by atoms with Crippen LogP contribution in [0.2, 0.25) is 5.02 Å². The predicted octanol–water partition coefficient (Wildman–Crippen LogP) is 12.6. The molecule has 0 radical (unpaired) electrons. The fourth-order valence-electron chi connectivity index (χ4n) is 6.61. The number of hydrogen-bond donors (Lipinski definition) is 2. The highest BCUT2D eigenvalue weighted by Gasteiger charge is 2.48. The summed E-state index contributed by atoms with van der Waals surface area (Å²) in [6, 6.07) is 32.4. The number of carbonyl (C=O) groups excluding carboxylic acids is 1. The van der Waals surface area contributed by atoms with Gasteiger partial charge in [0.15, 0.2) is 5.60 Å². The minimum absolute atomic E-state index is 0.345. The van der Waals surface area contributed by atoms with Gasteiger partial charge in [0.25, 0.3) is 0 Å². The average molecular weight is 996 g/mol. The fourth-order valence-corrected chi connectivity index (χ4v) is 8.84. The van der Waals surface area contributed by atoms with E-state index in [2.05, 4.69) is 107 Å². The molecule has 2 N–H and O–H groups in total. The summed E-state index contributed by atoms with van der Waals surface area (Å²) in [4.78, 5) is 14.3. The minimum Gasteiger partial charge on any atom is -0.442 e. The molecule has 1 heterocycles. The Bertz CT molecular complexity index is 2230. The Morgan fingerprint density at radius 3 is 1.29 bits per heavy atom. The number of methoxy groups -OCH3 is 4. The van der Waals surface area contributed by atoms with Crippen LogP contribution in [-0.4, -0.2) is 46.2 Å². The number of hydrogen-bond acceptors (Lipinski definition) is 8. The molecule has 1 aliphatic heterocycles. The topological polar surface area (TPSA) is 87.3 Å².